The number of nitrogens with zero attached hydrogens (tertiary/aromatic N) is 2. The van der Waals surface area contributed by atoms with Crippen LogP contribution in [0.5, 0.6) is 0 Å². The second-order valence-electron chi connectivity index (χ2n) is 7.15. The van der Waals surface area contributed by atoms with Crippen molar-refractivity contribution in [3.63, 3.8) is 0 Å². The smallest absolute Gasteiger partial charge is 0.338 e. The zero-order chi connectivity index (χ0) is 20.4. The van der Waals surface area contributed by atoms with Crippen LogP contribution in [0.1, 0.15) is 33.8 Å². The summed E-state index contributed by atoms with van der Waals surface area (Å²) in [5.74, 6) is -0.492. The third kappa shape index (κ3) is 4.01. The monoisotopic (exact) mass is 396 g/mol. The van der Waals surface area contributed by atoms with Gasteiger partial charge in [-0.3, -0.25) is 9.78 Å². The molecule has 0 spiro atoms. The van der Waals surface area contributed by atoms with Gasteiger partial charge < -0.3 is 4.90 Å². The topological polar surface area (TPSA) is 33.2 Å². The average Bonchev–Trinajstić information content (AvgIpc) is 3.24. The van der Waals surface area contributed by atoms with Crippen LogP contribution in [0.4, 0.5) is 13.2 Å². The molecule has 148 valence electrons. The third-order valence-electron chi connectivity index (χ3n) is 5.29. The Morgan fingerprint density at radius 2 is 1.79 bits per heavy atom. The molecule has 1 aliphatic rings. The van der Waals surface area contributed by atoms with Gasteiger partial charge in [-0.2, -0.15) is 13.2 Å². The second kappa shape index (κ2) is 7.70. The molecule has 3 nitrogen and oxygen atoms in total. The first-order chi connectivity index (χ1) is 13.9. The predicted octanol–water partition coefficient (Wildman–Crippen LogP) is 5.40. The summed E-state index contributed by atoms with van der Waals surface area (Å²) in [4.78, 5) is 18.5. The van der Waals surface area contributed by atoms with Crippen LogP contribution in [-0.4, -0.2) is 28.9 Å². The number of alkyl halides is 3. The van der Waals surface area contributed by atoms with Crippen LogP contribution < -0.4 is 0 Å². The molecule has 0 bridgehead atoms. The van der Waals surface area contributed by atoms with E-state index in [1.165, 1.54) is 11.0 Å². The lowest BCUT2D eigenvalue weighted by atomic mass is 9.98. The number of hydrogen-bond donors (Lipinski definition) is 0. The van der Waals surface area contributed by atoms with Crippen molar-refractivity contribution in [2.45, 2.75) is 18.5 Å². The standard InChI is InChI=1S/C23H19F3N2O/c24-23(25,26)21-13-17(16-5-2-1-3-6-16)8-9-20(21)22(29)28-12-10-19(15-28)18-7-4-11-27-14-18/h1-9,11,13-14,19H,10,12,15H2. The van der Waals surface area contributed by atoms with Crippen molar-refractivity contribution in [2.75, 3.05) is 13.1 Å². The lowest BCUT2D eigenvalue weighted by Gasteiger charge is -2.20. The minimum atomic E-state index is -4.61. The molecule has 0 radical (unpaired) electrons. The van der Waals surface area contributed by atoms with Crippen LogP contribution in [0.3, 0.4) is 0 Å². The molecule has 1 aliphatic heterocycles. The largest absolute Gasteiger partial charge is 0.417 e. The SMILES string of the molecule is O=C(c1ccc(-c2ccccc2)cc1C(F)(F)F)N1CCC(c2cccnc2)C1. The van der Waals surface area contributed by atoms with Crippen LogP contribution in [0, 0.1) is 0 Å². The number of carbonyl (C=O) groups is 1. The number of aromatic nitrogens is 1. The number of rotatable bonds is 3. The summed E-state index contributed by atoms with van der Waals surface area (Å²) in [6.07, 6.45) is -0.487. The van der Waals surface area contributed by atoms with Gasteiger partial charge in [0.25, 0.3) is 5.91 Å². The fraction of sp³-hybridized carbons (Fsp3) is 0.217. The lowest BCUT2D eigenvalue weighted by Crippen LogP contribution is -2.30. The maximum Gasteiger partial charge on any atom is 0.417 e. The van der Waals surface area contributed by atoms with Crippen molar-refractivity contribution < 1.29 is 18.0 Å². The molecular weight excluding hydrogens is 377 g/mol. The van der Waals surface area contributed by atoms with Gasteiger partial charge in [-0.1, -0.05) is 42.5 Å². The number of amides is 1. The summed E-state index contributed by atoms with van der Waals surface area (Å²) in [7, 11) is 0. The van der Waals surface area contributed by atoms with Crippen molar-refractivity contribution in [1.82, 2.24) is 9.88 Å². The minimum absolute atomic E-state index is 0.0885. The van der Waals surface area contributed by atoms with E-state index in [0.29, 0.717) is 30.6 Å². The highest BCUT2D eigenvalue weighted by Crippen LogP contribution is 2.36. The molecule has 29 heavy (non-hydrogen) atoms. The van der Waals surface area contributed by atoms with E-state index < -0.39 is 17.6 Å². The summed E-state index contributed by atoms with van der Waals surface area (Å²) in [6.45, 7) is 0.818. The van der Waals surface area contributed by atoms with E-state index in [2.05, 4.69) is 4.98 Å². The van der Waals surface area contributed by atoms with Crippen LogP contribution >= 0.6 is 0 Å². The number of pyridine rings is 1. The van der Waals surface area contributed by atoms with Crippen molar-refractivity contribution >= 4 is 5.91 Å². The molecule has 2 aromatic carbocycles. The zero-order valence-corrected chi connectivity index (χ0v) is 15.6. The summed E-state index contributed by atoms with van der Waals surface area (Å²) in [6, 6.07) is 16.5. The molecule has 0 aliphatic carbocycles. The average molecular weight is 396 g/mol. The predicted molar refractivity (Wildman–Crippen MR) is 104 cm³/mol. The number of carbonyl (C=O) groups excluding carboxylic acids is 1. The third-order valence-corrected chi connectivity index (χ3v) is 5.29. The molecule has 4 rings (SSSR count). The van der Waals surface area contributed by atoms with Crippen molar-refractivity contribution in [2.24, 2.45) is 0 Å². The summed E-state index contributed by atoms with van der Waals surface area (Å²) in [5.41, 5.74) is 0.912. The Balaban J connectivity index is 1.63. The highest BCUT2D eigenvalue weighted by Gasteiger charge is 2.38. The Bertz CT molecular complexity index is 1000. The number of halogens is 3. The fourth-order valence-corrected chi connectivity index (χ4v) is 3.78. The van der Waals surface area contributed by atoms with E-state index >= 15 is 0 Å². The maximum atomic E-state index is 13.8. The zero-order valence-electron chi connectivity index (χ0n) is 15.6. The Morgan fingerprint density at radius 1 is 1.00 bits per heavy atom. The Morgan fingerprint density at radius 3 is 2.48 bits per heavy atom. The Kier molecular flexibility index (Phi) is 5.09. The molecule has 0 N–H and O–H groups in total. The fourth-order valence-electron chi connectivity index (χ4n) is 3.78. The molecule has 2 heterocycles. The summed E-state index contributed by atoms with van der Waals surface area (Å²) < 4.78 is 41.3. The van der Waals surface area contributed by atoms with Gasteiger partial charge in [0, 0.05) is 31.4 Å². The molecule has 6 heteroatoms. The normalized spacial score (nSPS) is 16.8. The van der Waals surface area contributed by atoms with Crippen molar-refractivity contribution in [1.29, 1.82) is 0 Å². The van der Waals surface area contributed by atoms with Crippen LogP contribution in [-0.2, 0) is 6.18 Å². The minimum Gasteiger partial charge on any atom is -0.338 e. The van der Waals surface area contributed by atoms with Gasteiger partial charge in [-0.15, -0.1) is 0 Å². The van der Waals surface area contributed by atoms with Gasteiger partial charge in [0.2, 0.25) is 0 Å². The van der Waals surface area contributed by atoms with E-state index in [4.69, 9.17) is 0 Å². The van der Waals surface area contributed by atoms with Gasteiger partial charge in [0.1, 0.15) is 0 Å². The van der Waals surface area contributed by atoms with E-state index in [1.807, 2.05) is 12.1 Å². The first-order valence-corrected chi connectivity index (χ1v) is 9.39. The maximum absolute atomic E-state index is 13.8. The molecule has 1 amide bonds. The lowest BCUT2D eigenvalue weighted by molar-refractivity contribution is -0.138. The molecule has 0 saturated carbocycles. The number of benzene rings is 2. The van der Waals surface area contributed by atoms with Gasteiger partial charge >= 0.3 is 6.18 Å². The molecule has 1 saturated heterocycles. The molecule has 3 aromatic rings. The molecular formula is C23H19F3N2O. The highest BCUT2D eigenvalue weighted by molar-refractivity contribution is 5.96. The summed E-state index contributed by atoms with van der Waals surface area (Å²) in [5, 5.41) is 0. The van der Waals surface area contributed by atoms with Gasteiger partial charge in [-0.05, 0) is 41.3 Å². The van der Waals surface area contributed by atoms with Gasteiger partial charge in [0.15, 0.2) is 0 Å². The van der Waals surface area contributed by atoms with Gasteiger partial charge in [-0.25, -0.2) is 0 Å². The van der Waals surface area contributed by atoms with Crippen LogP contribution in [0.15, 0.2) is 73.1 Å². The highest BCUT2D eigenvalue weighted by atomic mass is 19.4. The number of likely N-dealkylation sites (tertiary alicyclic amines) is 1. The first-order valence-electron chi connectivity index (χ1n) is 9.39. The van der Waals surface area contributed by atoms with E-state index in [0.717, 1.165) is 11.6 Å². The van der Waals surface area contributed by atoms with Crippen LogP contribution in [0.25, 0.3) is 11.1 Å². The van der Waals surface area contributed by atoms with Gasteiger partial charge in [0.05, 0.1) is 11.1 Å². The molecule has 1 atom stereocenters. The Hall–Kier alpha value is -3.15. The quantitative estimate of drug-likeness (QED) is 0.594. The van der Waals surface area contributed by atoms with E-state index in [9.17, 15) is 18.0 Å². The first kappa shape index (κ1) is 19.2. The van der Waals surface area contributed by atoms with Crippen LogP contribution in [0.2, 0.25) is 0 Å². The molecule has 1 aromatic heterocycles. The van der Waals surface area contributed by atoms with E-state index in [-0.39, 0.29) is 11.5 Å². The summed E-state index contributed by atoms with van der Waals surface area (Å²) >= 11 is 0. The molecule has 1 unspecified atom stereocenters. The second-order valence-corrected chi connectivity index (χ2v) is 7.15. The van der Waals surface area contributed by atoms with E-state index in [1.54, 1.807) is 48.8 Å². The Labute approximate surface area is 166 Å². The molecule has 1 fully saturated rings. The number of hydrogen-bond acceptors (Lipinski definition) is 2. The van der Waals surface area contributed by atoms with Crippen molar-refractivity contribution in [3.8, 4) is 11.1 Å². The van der Waals surface area contributed by atoms with Crippen molar-refractivity contribution in [3.05, 3.63) is 89.7 Å².